The van der Waals surface area contributed by atoms with Crippen LogP contribution >= 0.6 is 11.3 Å². The third-order valence-electron chi connectivity index (χ3n) is 4.12. The molecule has 3 N–H and O–H groups in total. The molecule has 0 spiro atoms. The van der Waals surface area contributed by atoms with E-state index < -0.39 is 21.7 Å². The van der Waals surface area contributed by atoms with Gasteiger partial charge in [-0.1, -0.05) is 27.4 Å². The normalized spacial score (nSPS) is 14.4. The molecular formula is C19H25FN4O2S2. The van der Waals surface area contributed by atoms with Gasteiger partial charge in [0.15, 0.2) is 9.92 Å². The highest BCUT2D eigenvalue weighted by Crippen LogP contribution is 2.34. The van der Waals surface area contributed by atoms with Gasteiger partial charge in [-0.3, -0.25) is 0 Å². The molecule has 2 unspecified atom stereocenters. The summed E-state index contributed by atoms with van der Waals surface area (Å²) < 4.78 is 31.5. The van der Waals surface area contributed by atoms with Gasteiger partial charge >= 0.3 is 0 Å². The van der Waals surface area contributed by atoms with Crippen LogP contribution in [0.5, 0.6) is 0 Å². The van der Waals surface area contributed by atoms with Gasteiger partial charge in [-0.05, 0) is 43.0 Å². The molecule has 0 aliphatic rings. The number of nitrogens with one attached hydrogen (secondary N) is 1. The van der Waals surface area contributed by atoms with E-state index in [1.807, 2.05) is 13.8 Å². The molecule has 1 heterocycles. The number of carbonyl (C=O) groups excluding carboxylic acids is 1. The number of nitrogens with two attached hydrogens (primary N) is 1. The highest BCUT2D eigenvalue weighted by Gasteiger charge is 2.20. The second-order valence-electron chi connectivity index (χ2n) is 6.88. The Balaban J connectivity index is 2.52. The van der Waals surface area contributed by atoms with Gasteiger partial charge in [0.05, 0.1) is 10.7 Å². The second-order valence-corrected chi connectivity index (χ2v) is 10.1. The fraction of sp³-hybridized carbons (Fsp3) is 0.368. The summed E-state index contributed by atoms with van der Waals surface area (Å²) in [5.74, 6) is -0.945. The molecule has 1 aromatic carbocycles. The van der Waals surface area contributed by atoms with Crippen molar-refractivity contribution >= 4 is 33.2 Å². The molecule has 0 aliphatic carbocycles. The Morgan fingerprint density at radius 3 is 2.46 bits per heavy atom. The number of aldehydes is 1. The van der Waals surface area contributed by atoms with E-state index in [0.29, 0.717) is 26.7 Å². The topological polar surface area (TPSA) is 97.4 Å². The van der Waals surface area contributed by atoms with Gasteiger partial charge in [-0.15, -0.1) is 11.3 Å². The van der Waals surface area contributed by atoms with Crippen LogP contribution in [0.1, 0.15) is 54.4 Å². The van der Waals surface area contributed by atoms with Crippen LogP contribution in [-0.4, -0.2) is 15.5 Å². The minimum atomic E-state index is -3.24. The van der Waals surface area contributed by atoms with Crippen molar-refractivity contribution in [2.75, 3.05) is 5.32 Å². The number of carbonyl (C=O) groups is 1. The molecule has 9 heteroatoms. The Hall–Kier alpha value is -2.10. The molecular weight excluding hydrogens is 399 g/mol. The maximum Gasteiger partial charge on any atom is 0.152 e. The van der Waals surface area contributed by atoms with Gasteiger partial charge < -0.3 is 10.1 Å². The molecule has 0 saturated carbocycles. The summed E-state index contributed by atoms with van der Waals surface area (Å²) >= 11 is 1.22. The molecule has 2 atom stereocenters. The summed E-state index contributed by atoms with van der Waals surface area (Å²) in [4.78, 5) is 15.6. The van der Waals surface area contributed by atoms with Crippen molar-refractivity contribution in [2.24, 2.45) is 9.50 Å². The Labute approximate surface area is 169 Å². The summed E-state index contributed by atoms with van der Waals surface area (Å²) in [6, 6.07) is 2.70. The molecule has 0 amide bonds. The van der Waals surface area contributed by atoms with Crippen molar-refractivity contribution in [2.45, 2.75) is 50.7 Å². The Morgan fingerprint density at radius 2 is 1.96 bits per heavy atom. The van der Waals surface area contributed by atoms with Crippen LogP contribution in [0.3, 0.4) is 0 Å². The average Bonchev–Trinajstić information content (AvgIpc) is 2.93. The molecule has 0 saturated heterocycles. The Morgan fingerprint density at radius 1 is 1.36 bits per heavy atom. The Bertz CT molecular complexity index is 1040. The van der Waals surface area contributed by atoms with Crippen LogP contribution in [-0.2, 0) is 14.7 Å². The first-order valence-corrected chi connectivity index (χ1v) is 11.1. The predicted molar refractivity (Wildman–Crippen MR) is 112 cm³/mol. The number of halogens is 1. The molecule has 0 bridgehead atoms. The number of benzene rings is 1. The van der Waals surface area contributed by atoms with Crippen LogP contribution < -0.4 is 10.5 Å². The van der Waals surface area contributed by atoms with Crippen LogP contribution in [0.2, 0.25) is 0 Å². The van der Waals surface area contributed by atoms with E-state index in [9.17, 15) is 13.4 Å². The van der Waals surface area contributed by atoms with Crippen molar-refractivity contribution < 1.29 is 13.4 Å². The third kappa shape index (κ3) is 4.84. The quantitative estimate of drug-likeness (QED) is 0.634. The summed E-state index contributed by atoms with van der Waals surface area (Å²) in [6.07, 6.45) is 0.736. The van der Waals surface area contributed by atoms with E-state index in [2.05, 4.69) is 21.2 Å². The third-order valence-corrected chi connectivity index (χ3v) is 7.27. The fourth-order valence-electron chi connectivity index (χ4n) is 2.84. The van der Waals surface area contributed by atoms with Crippen molar-refractivity contribution in [1.29, 1.82) is 0 Å². The SMILES string of the molecule is C=C(N=S(N)(=O)c1sc(C)nc1C)Nc1c(C(C)C)cc(F)cc1C(C)C=O. The van der Waals surface area contributed by atoms with Gasteiger partial charge in [0, 0.05) is 11.6 Å². The first kappa shape index (κ1) is 22.2. The number of rotatable bonds is 7. The molecule has 152 valence electrons. The summed E-state index contributed by atoms with van der Waals surface area (Å²) in [6.45, 7) is 12.8. The number of aromatic nitrogens is 1. The number of anilines is 1. The first-order chi connectivity index (χ1) is 13.0. The minimum Gasteiger partial charge on any atom is -0.340 e. The van der Waals surface area contributed by atoms with Crippen LogP contribution in [0.4, 0.5) is 10.1 Å². The summed E-state index contributed by atoms with van der Waals surface area (Å²) in [5.41, 5.74) is 2.22. The van der Waals surface area contributed by atoms with E-state index in [-0.39, 0.29) is 11.7 Å². The lowest BCUT2D eigenvalue weighted by atomic mass is 9.92. The zero-order valence-electron chi connectivity index (χ0n) is 16.6. The molecule has 0 aliphatic heterocycles. The van der Waals surface area contributed by atoms with Crippen LogP contribution in [0.25, 0.3) is 0 Å². The second kappa shape index (κ2) is 8.50. The number of nitrogens with zero attached hydrogens (tertiary/aromatic N) is 2. The van der Waals surface area contributed by atoms with Gasteiger partial charge in [0.1, 0.15) is 22.1 Å². The number of hydrogen-bond donors (Lipinski definition) is 2. The largest absolute Gasteiger partial charge is 0.340 e. The highest BCUT2D eigenvalue weighted by atomic mass is 32.2. The lowest BCUT2D eigenvalue weighted by molar-refractivity contribution is -0.108. The van der Waals surface area contributed by atoms with Gasteiger partial charge in [0.25, 0.3) is 0 Å². The van der Waals surface area contributed by atoms with Crippen LogP contribution in [0, 0.1) is 19.7 Å². The van der Waals surface area contributed by atoms with Crippen molar-refractivity contribution in [3.05, 3.63) is 52.2 Å². The van der Waals surface area contributed by atoms with Gasteiger partial charge in [-0.2, -0.15) is 4.36 Å². The van der Waals surface area contributed by atoms with E-state index >= 15 is 0 Å². The number of aryl methyl sites for hydroxylation is 2. The molecule has 0 fully saturated rings. The minimum absolute atomic E-state index is 0.0303. The maximum absolute atomic E-state index is 14.1. The van der Waals surface area contributed by atoms with Gasteiger partial charge in [-0.25, -0.2) is 18.7 Å². The zero-order valence-corrected chi connectivity index (χ0v) is 18.2. The molecule has 28 heavy (non-hydrogen) atoms. The average molecular weight is 425 g/mol. The standard InChI is InChI=1S/C19H25FN4O2S2/c1-10(2)16-7-15(20)8-17(11(3)9-25)18(16)23-13(5)24-28(21,26)19-12(4)22-14(6)27-19/h7-11,23H,5H2,1-4,6H3,(H2,21,24,26). The maximum atomic E-state index is 14.1. The van der Waals surface area contributed by atoms with Crippen molar-refractivity contribution in [1.82, 2.24) is 4.98 Å². The lowest BCUT2D eigenvalue weighted by Gasteiger charge is -2.20. The van der Waals surface area contributed by atoms with E-state index in [4.69, 9.17) is 5.14 Å². The molecule has 2 aromatic rings. The smallest absolute Gasteiger partial charge is 0.152 e. The van der Waals surface area contributed by atoms with Crippen molar-refractivity contribution in [3.8, 4) is 0 Å². The summed E-state index contributed by atoms with van der Waals surface area (Å²) in [5, 5.41) is 9.70. The van der Waals surface area contributed by atoms with Crippen LogP contribution in [0.15, 0.2) is 33.1 Å². The molecule has 0 radical (unpaired) electrons. The first-order valence-electron chi connectivity index (χ1n) is 8.69. The fourth-order valence-corrected chi connectivity index (χ4v) is 5.36. The lowest BCUT2D eigenvalue weighted by Crippen LogP contribution is -2.15. The van der Waals surface area contributed by atoms with E-state index in [0.717, 1.165) is 11.3 Å². The van der Waals surface area contributed by atoms with Gasteiger partial charge in [0.2, 0.25) is 0 Å². The monoisotopic (exact) mass is 424 g/mol. The van der Waals surface area contributed by atoms with E-state index in [1.54, 1.807) is 20.8 Å². The molecule has 2 rings (SSSR count). The number of hydrogen-bond acceptors (Lipinski definition) is 6. The zero-order chi connectivity index (χ0) is 21.2. The molecule has 1 aromatic heterocycles. The van der Waals surface area contributed by atoms with E-state index in [1.165, 1.54) is 23.5 Å². The Kier molecular flexibility index (Phi) is 6.74. The predicted octanol–water partition coefficient (Wildman–Crippen LogP) is 4.61. The molecule has 6 nitrogen and oxygen atoms in total. The highest BCUT2D eigenvalue weighted by molar-refractivity contribution is 7.93. The number of thiazole rings is 1. The van der Waals surface area contributed by atoms with Crippen molar-refractivity contribution in [3.63, 3.8) is 0 Å². The summed E-state index contributed by atoms with van der Waals surface area (Å²) in [7, 11) is -3.24.